The summed E-state index contributed by atoms with van der Waals surface area (Å²) in [5, 5.41) is 4.28. The van der Waals surface area contributed by atoms with Gasteiger partial charge in [0.2, 0.25) is 0 Å². The standard InChI is InChI=1S/C15H17ClN2/c1-2-18-15(10-12-6-8-17-9-7-12)13-4-3-5-14(16)11-13/h3-9,11,15,18H,2,10H2,1H3. The number of nitrogens with one attached hydrogen (secondary N) is 1. The Balaban J connectivity index is 2.18. The van der Waals surface area contributed by atoms with Crippen LogP contribution in [0.15, 0.2) is 48.8 Å². The molecule has 94 valence electrons. The van der Waals surface area contributed by atoms with Gasteiger partial charge in [-0.25, -0.2) is 0 Å². The summed E-state index contributed by atoms with van der Waals surface area (Å²) in [7, 11) is 0. The molecule has 0 saturated carbocycles. The predicted octanol–water partition coefficient (Wildman–Crippen LogP) is 3.63. The van der Waals surface area contributed by atoms with Crippen molar-refractivity contribution in [2.45, 2.75) is 19.4 Å². The van der Waals surface area contributed by atoms with Crippen LogP contribution in [-0.2, 0) is 6.42 Å². The van der Waals surface area contributed by atoms with E-state index in [-0.39, 0.29) is 6.04 Å². The van der Waals surface area contributed by atoms with Gasteiger partial charge in [-0.3, -0.25) is 4.98 Å². The van der Waals surface area contributed by atoms with Gasteiger partial charge in [0, 0.05) is 23.5 Å². The highest BCUT2D eigenvalue weighted by atomic mass is 35.5. The quantitative estimate of drug-likeness (QED) is 0.888. The molecule has 2 rings (SSSR count). The molecule has 1 heterocycles. The maximum atomic E-state index is 6.05. The first kappa shape index (κ1) is 13.1. The van der Waals surface area contributed by atoms with Crippen LogP contribution in [0.3, 0.4) is 0 Å². The fourth-order valence-electron chi connectivity index (χ4n) is 2.03. The molecular weight excluding hydrogens is 244 g/mol. The maximum absolute atomic E-state index is 6.05. The van der Waals surface area contributed by atoms with Crippen LogP contribution in [0.5, 0.6) is 0 Å². The van der Waals surface area contributed by atoms with Gasteiger partial charge < -0.3 is 5.32 Å². The summed E-state index contributed by atoms with van der Waals surface area (Å²) in [6, 6.07) is 12.4. The molecule has 0 bridgehead atoms. The minimum absolute atomic E-state index is 0.288. The van der Waals surface area contributed by atoms with Gasteiger partial charge in [-0.05, 0) is 48.4 Å². The van der Waals surface area contributed by atoms with Crippen molar-refractivity contribution < 1.29 is 0 Å². The fourth-order valence-corrected chi connectivity index (χ4v) is 2.23. The Hall–Kier alpha value is -1.38. The molecule has 0 radical (unpaired) electrons. The number of halogens is 1. The van der Waals surface area contributed by atoms with E-state index in [9.17, 15) is 0 Å². The Morgan fingerprint density at radius 2 is 2.00 bits per heavy atom. The molecule has 2 aromatic rings. The lowest BCUT2D eigenvalue weighted by atomic mass is 9.99. The van der Waals surface area contributed by atoms with Gasteiger partial charge in [-0.15, -0.1) is 0 Å². The monoisotopic (exact) mass is 260 g/mol. The molecule has 3 heteroatoms. The first-order valence-corrected chi connectivity index (χ1v) is 6.55. The van der Waals surface area contributed by atoms with Crippen LogP contribution in [0, 0.1) is 0 Å². The zero-order valence-corrected chi connectivity index (χ0v) is 11.2. The third-order valence-electron chi connectivity index (χ3n) is 2.89. The molecule has 1 aromatic carbocycles. The lowest BCUT2D eigenvalue weighted by molar-refractivity contribution is 0.549. The van der Waals surface area contributed by atoms with Crippen molar-refractivity contribution in [2.75, 3.05) is 6.54 Å². The minimum atomic E-state index is 0.288. The summed E-state index contributed by atoms with van der Waals surface area (Å²) in [5.41, 5.74) is 2.50. The van der Waals surface area contributed by atoms with Gasteiger partial charge in [-0.2, -0.15) is 0 Å². The van der Waals surface area contributed by atoms with E-state index in [1.165, 1.54) is 11.1 Å². The number of benzene rings is 1. The van der Waals surface area contributed by atoms with Gasteiger partial charge in [-0.1, -0.05) is 30.7 Å². The molecule has 1 unspecified atom stereocenters. The lowest BCUT2D eigenvalue weighted by Crippen LogP contribution is -2.22. The molecule has 0 aliphatic carbocycles. The van der Waals surface area contributed by atoms with E-state index in [0.29, 0.717) is 0 Å². The second-order valence-electron chi connectivity index (χ2n) is 4.22. The van der Waals surface area contributed by atoms with E-state index in [2.05, 4.69) is 35.4 Å². The Morgan fingerprint density at radius 3 is 2.67 bits per heavy atom. The summed E-state index contributed by atoms with van der Waals surface area (Å²) in [6.07, 6.45) is 4.60. The molecule has 0 aliphatic rings. The predicted molar refractivity (Wildman–Crippen MR) is 75.8 cm³/mol. The summed E-state index contributed by atoms with van der Waals surface area (Å²) in [5.74, 6) is 0. The maximum Gasteiger partial charge on any atom is 0.0409 e. The zero-order chi connectivity index (χ0) is 12.8. The summed E-state index contributed by atoms with van der Waals surface area (Å²) in [4.78, 5) is 4.04. The van der Waals surface area contributed by atoms with Crippen LogP contribution in [-0.4, -0.2) is 11.5 Å². The molecule has 0 saturated heterocycles. The first-order valence-electron chi connectivity index (χ1n) is 6.17. The Morgan fingerprint density at radius 1 is 1.22 bits per heavy atom. The largest absolute Gasteiger partial charge is 0.310 e. The van der Waals surface area contributed by atoms with E-state index >= 15 is 0 Å². The van der Waals surface area contributed by atoms with Crippen molar-refractivity contribution in [3.8, 4) is 0 Å². The lowest BCUT2D eigenvalue weighted by Gasteiger charge is -2.18. The highest BCUT2D eigenvalue weighted by Gasteiger charge is 2.11. The van der Waals surface area contributed by atoms with Crippen molar-refractivity contribution >= 4 is 11.6 Å². The summed E-state index contributed by atoms with van der Waals surface area (Å²) < 4.78 is 0. The number of pyridine rings is 1. The second kappa shape index (κ2) is 6.53. The molecule has 1 N–H and O–H groups in total. The van der Waals surface area contributed by atoms with E-state index in [4.69, 9.17) is 11.6 Å². The van der Waals surface area contributed by atoms with Gasteiger partial charge in [0.15, 0.2) is 0 Å². The van der Waals surface area contributed by atoms with Crippen molar-refractivity contribution in [3.63, 3.8) is 0 Å². The topological polar surface area (TPSA) is 24.9 Å². The number of rotatable bonds is 5. The summed E-state index contributed by atoms with van der Waals surface area (Å²) in [6.45, 7) is 3.05. The zero-order valence-electron chi connectivity index (χ0n) is 10.4. The van der Waals surface area contributed by atoms with Crippen LogP contribution in [0.4, 0.5) is 0 Å². The van der Waals surface area contributed by atoms with Gasteiger partial charge >= 0.3 is 0 Å². The normalized spacial score (nSPS) is 12.3. The SMILES string of the molecule is CCNC(Cc1ccncc1)c1cccc(Cl)c1. The molecule has 0 fully saturated rings. The molecule has 0 spiro atoms. The van der Waals surface area contributed by atoms with Crippen molar-refractivity contribution in [3.05, 3.63) is 64.9 Å². The Bertz CT molecular complexity index is 485. The number of aromatic nitrogens is 1. The van der Waals surface area contributed by atoms with E-state index in [1.54, 1.807) is 0 Å². The van der Waals surface area contributed by atoms with E-state index in [1.807, 2.05) is 30.6 Å². The van der Waals surface area contributed by atoms with Crippen molar-refractivity contribution in [1.82, 2.24) is 10.3 Å². The van der Waals surface area contributed by atoms with Crippen molar-refractivity contribution in [1.29, 1.82) is 0 Å². The second-order valence-corrected chi connectivity index (χ2v) is 4.66. The van der Waals surface area contributed by atoms with Gasteiger partial charge in [0.1, 0.15) is 0 Å². The smallest absolute Gasteiger partial charge is 0.0409 e. The van der Waals surface area contributed by atoms with Crippen LogP contribution in [0.25, 0.3) is 0 Å². The molecule has 1 aromatic heterocycles. The van der Waals surface area contributed by atoms with Crippen LogP contribution in [0.1, 0.15) is 24.1 Å². The minimum Gasteiger partial charge on any atom is -0.310 e. The number of likely N-dealkylation sites (N-methyl/N-ethyl adjacent to an activating group) is 1. The molecule has 0 aliphatic heterocycles. The molecule has 0 amide bonds. The highest BCUT2D eigenvalue weighted by molar-refractivity contribution is 6.30. The Labute approximate surface area is 113 Å². The molecular formula is C15H17ClN2. The molecule has 1 atom stereocenters. The number of hydrogen-bond acceptors (Lipinski definition) is 2. The average molecular weight is 261 g/mol. The number of nitrogens with zero attached hydrogens (tertiary/aromatic N) is 1. The Kier molecular flexibility index (Phi) is 4.73. The third kappa shape index (κ3) is 3.56. The van der Waals surface area contributed by atoms with E-state index < -0.39 is 0 Å². The van der Waals surface area contributed by atoms with Crippen LogP contribution < -0.4 is 5.32 Å². The highest BCUT2D eigenvalue weighted by Crippen LogP contribution is 2.21. The van der Waals surface area contributed by atoms with Crippen molar-refractivity contribution in [2.24, 2.45) is 0 Å². The first-order chi connectivity index (χ1) is 8.79. The van der Waals surface area contributed by atoms with Crippen LogP contribution >= 0.6 is 11.6 Å². The average Bonchev–Trinajstić information content (AvgIpc) is 2.39. The number of hydrogen-bond donors (Lipinski definition) is 1. The van der Waals surface area contributed by atoms with Crippen LogP contribution in [0.2, 0.25) is 5.02 Å². The van der Waals surface area contributed by atoms with Gasteiger partial charge in [0.25, 0.3) is 0 Å². The fraction of sp³-hybridized carbons (Fsp3) is 0.267. The molecule has 18 heavy (non-hydrogen) atoms. The molecule has 2 nitrogen and oxygen atoms in total. The van der Waals surface area contributed by atoms with Gasteiger partial charge in [0.05, 0.1) is 0 Å². The van der Waals surface area contributed by atoms with E-state index in [0.717, 1.165) is 18.0 Å². The third-order valence-corrected chi connectivity index (χ3v) is 3.13. The summed E-state index contributed by atoms with van der Waals surface area (Å²) >= 11 is 6.05.